The van der Waals surface area contributed by atoms with Crippen molar-refractivity contribution in [2.24, 2.45) is 0 Å². The fraction of sp³-hybridized carbons (Fsp3) is 0. The first-order valence-electron chi connectivity index (χ1n) is 1.40. The second-order valence-corrected chi connectivity index (χ2v) is 1.67. The molecule has 0 rings (SSSR count). The van der Waals surface area contributed by atoms with Gasteiger partial charge in [-0.2, -0.15) is 0 Å². The fourth-order valence-electron chi connectivity index (χ4n) is 0. The van der Waals surface area contributed by atoms with Crippen molar-refractivity contribution in [3.05, 3.63) is 0 Å². The van der Waals surface area contributed by atoms with Crippen LogP contribution in [0.3, 0.4) is 0 Å². The van der Waals surface area contributed by atoms with E-state index in [1.165, 1.54) is 0 Å². The molecular weight excluding hydrogens is 327 g/mol. The summed E-state index contributed by atoms with van der Waals surface area (Å²) in [7, 11) is -7.33. The zero-order valence-electron chi connectivity index (χ0n) is 6.88. The minimum atomic E-state index is -5.17. The van der Waals surface area contributed by atoms with E-state index in [2.05, 4.69) is 0 Å². The summed E-state index contributed by atoms with van der Waals surface area (Å²) in [5.41, 5.74) is 0. The molecule has 0 N–H and O–H groups in total. The molecule has 0 spiro atoms. The van der Waals surface area contributed by atoms with E-state index in [0.29, 0.717) is 0 Å². The predicted octanol–water partition coefficient (Wildman–Crippen LogP) is -8.23. The molecule has 0 bridgehead atoms. The van der Waals surface area contributed by atoms with Gasteiger partial charge in [0.25, 0.3) is 0 Å². The Morgan fingerprint density at radius 3 is 0.857 bits per heavy atom. The van der Waals surface area contributed by atoms with E-state index >= 15 is 0 Å². The van der Waals surface area contributed by atoms with E-state index < -0.39 is 27.8 Å². The predicted molar refractivity (Wildman–Crippen MR) is 25.7 cm³/mol. The van der Waals surface area contributed by atoms with Crippen LogP contribution in [0.2, 0.25) is 0 Å². The van der Waals surface area contributed by atoms with Gasteiger partial charge in [-0.25, -0.2) is 0 Å². The van der Waals surface area contributed by atoms with Crippen molar-refractivity contribution in [1.29, 1.82) is 0 Å². The van der Waals surface area contributed by atoms with Crippen LogP contribution in [0.1, 0.15) is 0 Å². The molecule has 14 heteroatoms. The molecule has 14 heavy (non-hydrogen) atoms. The third-order valence-electron chi connectivity index (χ3n) is 0. The monoisotopic (exact) mass is 326 g/mol. The molecular formula is Na2NiO8P2S. The van der Waals surface area contributed by atoms with Gasteiger partial charge in [-0.3, -0.25) is 17.5 Å². The average Bonchev–Trinajstić information content (AvgIpc) is 1.62. The van der Waals surface area contributed by atoms with Crippen LogP contribution in [0.5, 0.6) is 0 Å². The van der Waals surface area contributed by atoms with Crippen LogP contribution < -0.4 is 68.9 Å². The van der Waals surface area contributed by atoms with Gasteiger partial charge in [-0.05, 0) is 0 Å². The third kappa shape index (κ3) is 427. The Balaban J connectivity index is -0.0000000162. The minimum Gasteiger partial charge on any atom is -0.772 e. The van der Waals surface area contributed by atoms with Crippen LogP contribution in [0.15, 0.2) is 0 Å². The van der Waals surface area contributed by atoms with Crippen LogP contribution in [0, 0.1) is 0 Å². The van der Waals surface area contributed by atoms with Crippen molar-refractivity contribution in [2.45, 2.75) is 0 Å². The van der Waals surface area contributed by atoms with E-state index in [9.17, 15) is 0 Å². The molecule has 0 amide bonds. The molecule has 0 unspecified atom stereocenters. The first-order chi connectivity index (χ1) is 4.83. The molecule has 8 nitrogen and oxygen atoms in total. The summed E-state index contributed by atoms with van der Waals surface area (Å²) >= 11 is 0. The quantitative estimate of drug-likeness (QED) is 0.183. The second-order valence-electron chi connectivity index (χ2n) is 0.557. The summed E-state index contributed by atoms with van der Waals surface area (Å²) in [4.78, 5) is 16.7. The van der Waals surface area contributed by atoms with Crippen molar-refractivity contribution in [1.82, 2.24) is 0 Å². The van der Waals surface area contributed by atoms with Crippen molar-refractivity contribution in [3.63, 3.8) is 0 Å². The normalized spacial score (nSPS) is 7.14. The molecule has 0 saturated heterocycles. The van der Waals surface area contributed by atoms with E-state index in [1.54, 1.807) is 0 Å². The standard InChI is InChI=1S/2Na.Ni.H2O4S.2HO2P/c;;;1-5(2,3)4;2*1-3-2/h;;;(H2,1,2,3,4);2*(H,1,2)/q2*+1;+2;;;/p-4. The molecule has 0 aliphatic heterocycles. The largest absolute Gasteiger partial charge is 2.00 e. The van der Waals surface area contributed by atoms with Crippen molar-refractivity contribution in [3.8, 4) is 0 Å². The molecule has 0 aromatic rings. The number of hydrogen-bond donors (Lipinski definition) is 0. The zero-order valence-corrected chi connectivity index (χ0v) is 14.5. The smallest absolute Gasteiger partial charge is 0.772 e. The Hall–Kier alpha value is 2.48. The maximum Gasteiger partial charge on any atom is 2.00 e. The maximum absolute atomic E-state index is 8.52. The Labute approximate surface area is 138 Å². The molecule has 0 fully saturated rings. The van der Waals surface area contributed by atoms with Gasteiger partial charge in [-0.1, -0.05) is 0 Å². The second kappa shape index (κ2) is 29.6. The Morgan fingerprint density at radius 1 is 0.857 bits per heavy atom. The molecule has 0 atom stereocenters. The van der Waals surface area contributed by atoms with Gasteiger partial charge in [0.15, 0.2) is 0 Å². The summed E-state index contributed by atoms with van der Waals surface area (Å²) in [6.45, 7) is 0. The summed E-state index contributed by atoms with van der Waals surface area (Å²) in [5.74, 6) is 0. The van der Waals surface area contributed by atoms with Gasteiger partial charge in [0.05, 0.1) is 17.4 Å². The van der Waals surface area contributed by atoms with Gasteiger partial charge < -0.3 is 18.9 Å². The topological polar surface area (TPSA) is 161 Å². The molecule has 0 aliphatic carbocycles. The molecule has 0 heterocycles. The Kier molecular flexibility index (Phi) is 75.9. The first kappa shape index (κ1) is 36.0. The minimum absolute atomic E-state index is 0. The summed E-state index contributed by atoms with van der Waals surface area (Å²) in [6, 6.07) is 0. The van der Waals surface area contributed by atoms with Crippen LogP contribution in [-0.4, -0.2) is 17.5 Å². The van der Waals surface area contributed by atoms with E-state index in [1.807, 2.05) is 0 Å². The van der Waals surface area contributed by atoms with Gasteiger partial charge in [0.2, 0.25) is 0 Å². The number of rotatable bonds is 0. The van der Waals surface area contributed by atoms with Crippen LogP contribution in [0.25, 0.3) is 0 Å². The third-order valence-corrected chi connectivity index (χ3v) is 0. The van der Waals surface area contributed by atoms with Gasteiger partial charge in [0.1, 0.15) is 0 Å². The maximum atomic E-state index is 8.52. The Morgan fingerprint density at radius 2 is 0.857 bits per heavy atom. The number of hydrogen-bond acceptors (Lipinski definition) is 8. The van der Waals surface area contributed by atoms with Crippen LogP contribution in [0.4, 0.5) is 0 Å². The first-order valence-corrected chi connectivity index (χ1v) is 4.19. The van der Waals surface area contributed by atoms with Crippen molar-refractivity contribution < 1.29 is 112 Å². The molecule has 0 saturated carbocycles. The summed E-state index contributed by atoms with van der Waals surface area (Å²) in [6.07, 6.45) is 0. The Bertz CT molecular complexity index is 166. The summed E-state index contributed by atoms with van der Waals surface area (Å²) in [5, 5.41) is 0. The fourth-order valence-corrected chi connectivity index (χ4v) is 0. The van der Waals surface area contributed by atoms with Crippen LogP contribution in [-0.2, 0) is 36.0 Å². The van der Waals surface area contributed by atoms with Gasteiger partial charge in [0, 0.05) is 10.4 Å². The molecule has 0 aliphatic rings. The van der Waals surface area contributed by atoms with Crippen LogP contribution >= 0.6 is 17.4 Å². The SMILES string of the molecule is O=P[O-].O=P[O-].O=S(=O)([O-])[O-].[Na+].[Na+].[Ni+2]. The van der Waals surface area contributed by atoms with E-state index in [-0.39, 0.29) is 75.6 Å². The molecule has 0 aromatic heterocycles. The van der Waals surface area contributed by atoms with E-state index in [0.717, 1.165) is 0 Å². The zero-order chi connectivity index (χ0) is 9.91. The van der Waals surface area contributed by atoms with E-state index in [4.69, 9.17) is 36.4 Å². The summed E-state index contributed by atoms with van der Waals surface area (Å²) < 4.78 is 50.8. The molecule has 76 valence electrons. The van der Waals surface area contributed by atoms with Gasteiger partial charge >= 0.3 is 75.6 Å². The van der Waals surface area contributed by atoms with Crippen molar-refractivity contribution >= 4 is 27.8 Å². The molecule has 0 aromatic carbocycles. The molecule has 0 radical (unpaired) electrons. The van der Waals surface area contributed by atoms with Gasteiger partial charge in [-0.15, -0.1) is 0 Å². The average molecular weight is 327 g/mol. The van der Waals surface area contributed by atoms with Crippen molar-refractivity contribution in [2.75, 3.05) is 0 Å².